The Labute approximate surface area is 98.0 Å². The molecule has 0 aromatic heterocycles. The average molecular weight is 219 g/mol. The molecule has 2 heteroatoms. The Morgan fingerprint density at radius 3 is 2.69 bits per heavy atom. The molecule has 1 aliphatic carbocycles. The van der Waals surface area contributed by atoms with Gasteiger partial charge in [0.25, 0.3) is 0 Å². The van der Waals surface area contributed by atoms with Crippen LogP contribution in [0.25, 0.3) is 0 Å². The molecule has 88 valence electrons. The lowest BCUT2D eigenvalue weighted by atomic mass is 10.1. The molecule has 0 saturated carbocycles. The Bertz CT molecular complexity index is 362. The maximum Gasteiger partial charge on any atom is 0.0741 e. The summed E-state index contributed by atoms with van der Waals surface area (Å²) in [7, 11) is 1.76. The van der Waals surface area contributed by atoms with Crippen LogP contribution in [0.2, 0.25) is 0 Å². The Hall–Kier alpha value is -1.02. The van der Waals surface area contributed by atoms with Gasteiger partial charge in [-0.05, 0) is 56.4 Å². The number of anilines is 1. The van der Waals surface area contributed by atoms with Crippen LogP contribution in [0.1, 0.15) is 31.4 Å². The van der Waals surface area contributed by atoms with Crippen molar-refractivity contribution in [3.05, 3.63) is 29.3 Å². The maximum absolute atomic E-state index is 5.31. The minimum atomic E-state index is 0.230. The van der Waals surface area contributed by atoms with Gasteiger partial charge < -0.3 is 10.1 Å². The quantitative estimate of drug-likeness (QED) is 0.840. The summed E-state index contributed by atoms with van der Waals surface area (Å²) in [6, 6.07) is 7.07. The van der Waals surface area contributed by atoms with Crippen LogP contribution in [0, 0.1) is 0 Å². The van der Waals surface area contributed by atoms with E-state index >= 15 is 0 Å². The molecule has 2 nitrogen and oxygen atoms in total. The topological polar surface area (TPSA) is 21.3 Å². The van der Waals surface area contributed by atoms with E-state index in [4.69, 9.17) is 4.74 Å². The van der Waals surface area contributed by atoms with Gasteiger partial charge in [-0.1, -0.05) is 6.07 Å². The van der Waals surface area contributed by atoms with Crippen LogP contribution in [0.4, 0.5) is 5.69 Å². The summed E-state index contributed by atoms with van der Waals surface area (Å²) in [5.74, 6) is 0. The molecule has 0 amide bonds. The van der Waals surface area contributed by atoms with Crippen molar-refractivity contribution in [2.45, 2.75) is 45.3 Å². The predicted octanol–water partition coefficient (Wildman–Crippen LogP) is 3.01. The van der Waals surface area contributed by atoms with Crippen molar-refractivity contribution in [2.24, 2.45) is 0 Å². The van der Waals surface area contributed by atoms with Gasteiger partial charge in [-0.15, -0.1) is 0 Å². The van der Waals surface area contributed by atoms with E-state index in [9.17, 15) is 0 Å². The molecule has 0 radical (unpaired) electrons. The van der Waals surface area contributed by atoms with Gasteiger partial charge in [0.15, 0.2) is 0 Å². The first-order chi connectivity index (χ1) is 7.70. The van der Waals surface area contributed by atoms with Crippen LogP contribution >= 0.6 is 0 Å². The number of fused-ring (bicyclic) bond motifs is 1. The lowest BCUT2D eigenvalue weighted by molar-refractivity contribution is 0.106. The summed E-state index contributed by atoms with van der Waals surface area (Å²) in [5.41, 5.74) is 4.26. The number of benzene rings is 1. The molecule has 0 spiro atoms. The van der Waals surface area contributed by atoms with E-state index in [2.05, 4.69) is 37.4 Å². The van der Waals surface area contributed by atoms with E-state index in [1.165, 1.54) is 36.1 Å². The van der Waals surface area contributed by atoms with Crippen molar-refractivity contribution in [1.82, 2.24) is 0 Å². The van der Waals surface area contributed by atoms with Gasteiger partial charge in [0.05, 0.1) is 6.10 Å². The van der Waals surface area contributed by atoms with Crippen molar-refractivity contribution in [2.75, 3.05) is 12.4 Å². The zero-order valence-electron chi connectivity index (χ0n) is 10.4. The number of hydrogen-bond donors (Lipinski definition) is 1. The van der Waals surface area contributed by atoms with Crippen LogP contribution < -0.4 is 5.32 Å². The molecule has 2 atom stereocenters. The van der Waals surface area contributed by atoms with E-state index < -0.39 is 0 Å². The molecule has 16 heavy (non-hydrogen) atoms. The third kappa shape index (κ3) is 2.38. The maximum atomic E-state index is 5.31. The molecule has 2 unspecified atom stereocenters. The molecule has 1 aromatic carbocycles. The fourth-order valence-electron chi connectivity index (χ4n) is 2.25. The first-order valence-electron chi connectivity index (χ1n) is 6.12. The molecule has 0 heterocycles. The SMILES string of the molecule is COC(C)C(C)Nc1ccc2c(c1)CCC2. The first-order valence-corrected chi connectivity index (χ1v) is 6.12. The van der Waals surface area contributed by atoms with Crippen LogP contribution in [0.5, 0.6) is 0 Å². The van der Waals surface area contributed by atoms with Gasteiger partial charge in [-0.3, -0.25) is 0 Å². The predicted molar refractivity (Wildman–Crippen MR) is 68.0 cm³/mol. The monoisotopic (exact) mass is 219 g/mol. The molecular formula is C14H21NO. The van der Waals surface area contributed by atoms with Gasteiger partial charge in [-0.2, -0.15) is 0 Å². The van der Waals surface area contributed by atoms with Crippen LogP contribution in [-0.4, -0.2) is 19.3 Å². The Morgan fingerprint density at radius 2 is 1.94 bits per heavy atom. The molecule has 0 fully saturated rings. The molecule has 1 N–H and O–H groups in total. The van der Waals surface area contributed by atoms with Crippen molar-refractivity contribution >= 4 is 5.69 Å². The van der Waals surface area contributed by atoms with Crippen molar-refractivity contribution in [3.63, 3.8) is 0 Å². The van der Waals surface area contributed by atoms with E-state index in [1.54, 1.807) is 7.11 Å². The molecule has 2 rings (SSSR count). The number of rotatable bonds is 4. The van der Waals surface area contributed by atoms with Crippen LogP contribution in [-0.2, 0) is 17.6 Å². The standard InChI is InChI=1S/C14H21NO/c1-10(11(2)16-3)15-14-8-7-12-5-4-6-13(12)9-14/h7-11,15H,4-6H2,1-3H3. The molecule has 0 aliphatic heterocycles. The third-order valence-corrected chi connectivity index (χ3v) is 3.57. The largest absolute Gasteiger partial charge is 0.380 e. The smallest absolute Gasteiger partial charge is 0.0741 e. The summed E-state index contributed by atoms with van der Waals surface area (Å²) in [4.78, 5) is 0. The summed E-state index contributed by atoms with van der Waals surface area (Å²) in [6.07, 6.45) is 4.02. The van der Waals surface area contributed by atoms with E-state index in [0.29, 0.717) is 6.04 Å². The lowest BCUT2D eigenvalue weighted by Gasteiger charge is -2.21. The summed E-state index contributed by atoms with van der Waals surface area (Å²) < 4.78 is 5.31. The van der Waals surface area contributed by atoms with Gasteiger partial charge in [0.1, 0.15) is 0 Å². The van der Waals surface area contributed by atoms with Crippen LogP contribution in [0.3, 0.4) is 0 Å². The normalized spacial score (nSPS) is 17.9. The Kier molecular flexibility index (Phi) is 3.49. The van der Waals surface area contributed by atoms with Crippen molar-refractivity contribution < 1.29 is 4.74 Å². The number of nitrogens with one attached hydrogen (secondary N) is 1. The lowest BCUT2D eigenvalue weighted by Crippen LogP contribution is -2.29. The van der Waals surface area contributed by atoms with Gasteiger partial charge in [-0.25, -0.2) is 0 Å². The number of ether oxygens (including phenoxy) is 1. The molecule has 0 bridgehead atoms. The molecule has 1 aromatic rings. The summed E-state index contributed by atoms with van der Waals surface area (Å²) >= 11 is 0. The molecule has 1 aliphatic rings. The minimum absolute atomic E-state index is 0.230. The number of hydrogen-bond acceptors (Lipinski definition) is 2. The van der Waals surface area contributed by atoms with E-state index in [0.717, 1.165) is 0 Å². The second-order valence-electron chi connectivity index (χ2n) is 4.71. The Morgan fingerprint density at radius 1 is 1.19 bits per heavy atom. The van der Waals surface area contributed by atoms with Gasteiger partial charge >= 0.3 is 0 Å². The Balaban J connectivity index is 2.05. The summed E-state index contributed by atoms with van der Waals surface area (Å²) in [5, 5.41) is 3.50. The fourth-order valence-corrected chi connectivity index (χ4v) is 2.25. The zero-order chi connectivity index (χ0) is 11.5. The highest BCUT2D eigenvalue weighted by atomic mass is 16.5. The first kappa shape index (κ1) is 11.5. The van der Waals surface area contributed by atoms with E-state index in [-0.39, 0.29) is 6.10 Å². The van der Waals surface area contributed by atoms with Gasteiger partial charge in [0, 0.05) is 18.8 Å². The second kappa shape index (κ2) is 4.88. The fraction of sp³-hybridized carbons (Fsp3) is 0.571. The molecular weight excluding hydrogens is 198 g/mol. The van der Waals surface area contributed by atoms with Crippen molar-refractivity contribution in [1.29, 1.82) is 0 Å². The highest BCUT2D eigenvalue weighted by Gasteiger charge is 2.13. The average Bonchev–Trinajstić information content (AvgIpc) is 2.75. The zero-order valence-corrected chi connectivity index (χ0v) is 10.4. The molecule has 0 saturated heterocycles. The van der Waals surface area contributed by atoms with E-state index in [1.807, 2.05) is 0 Å². The highest BCUT2D eigenvalue weighted by Crippen LogP contribution is 2.25. The minimum Gasteiger partial charge on any atom is -0.380 e. The van der Waals surface area contributed by atoms with Gasteiger partial charge in [0.2, 0.25) is 0 Å². The van der Waals surface area contributed by atoms with Crippen LogP contribution in [0.15, 0.2) is 18.2 Å². The number of methoxy groups -OCH3 is 1. The highest BCUT2D eigenvalue weighted by molar-refractivity contribution is 5.50. The summed E-state index contributed by atoms with van der Waals surface area (Å²) in [6.45, 7) is 4.24. The third-order valence-electron chi connectivity index (χ3n) is 3.57. The number of aryl methyl sites for hydroxylation is 2. The van der Waals surface area contributed by atoms with Crippen molar-refractivity contribution in [3.8, 4) is 0 Å². The second-order valence-corrected chi connectivity index (χ2v) is 4.71.